The third kappa shape index (κ3) is 15.9. The van der Waals surface area contributed by atoms with Gasteiger partial charge in [-0.1, -0.05) is 0 Å². The Morgan fingerprint density at radius 1 is 1.20 bits per heavy atom. The maximum atomic E-state index is 10.9. The first-order chi connectivity index (χ1) is 8.99. The fourth-order valence-corrected chi connectivity index (χ4v) is 1.57. The van der Waals surface area contributed by atoms with Crippen molar-refractivity contribution in [2.24, 2.45) is 4.99 Å². The number of methoxy groups -OCH3 is 1. The van der Waals surface area contributed by atoms with Gasteiger partial charge >= 0.3 is 0 Å². The number of guanidine groups is 1. The predicted molar refractivity (Wildman–Crippen MR) is 91.8 cm³/mol. The van der Waals surface area contributed by atoms with Crippen LogP contribution in [0.5, 0.6) is 0 Å². The number of aliphatic imine (C=N–C) groups is 1. The van der Waals surface area contributed by atoms with Gasteiger partial charge in [-0.15, -0.1) is 24.0 Å². The minimum atomic E-state index is -2.95. The van der Waals surface area contributed by atoms with Gasteiger partial charge in [-0.3, -0.25) is 4.99 Å². The van der Waals surface area contributed by atoms with E-state index in [1.807, 2.05) is 6.92 Å². The van der Waals surface area contributed by atoms with E-state index in [4.69, 9.17) is 9.47 Å². The topological polar surface area (TPSA) is 89.0 Å². The molecule has 0 aliphatic carbocycles. The van der Waals surface area contributed by atoms with Gasteiger partial charge in [0.25, 0.3) is 0 Å². The lowest BCUT2D eigenvalue weighted by atomic mass is 10.6. The predicted octanol–water partition coefficient (Wildman–Crippen LogP) is -0.133. The van der Waals surface area contributed by atoms with E-state index in [0.29, 0.717) is 32.3 Å². The number of nitrogens with one attached hydrogen (secondary N) is 2. The molecule has 0 spiro atoms. The van der Waals surface area contributed by atoms with Gasteiger partial charge < -0.3 is 20.1 Å². The van der Waals surface area contributed by atoms with Crippen molar-refractivity contribution in [1.82, 2.24) is 10.6 Å². The van der Waals surface area contributed by atoms with Gasteiger partial charge in [-0.25, -0.2) is 8.42 Å². The second-order valence-electron chi connectivity index (χ2n) is 3.92. The Kier molecular flexibility index (Phi) is 15.3. The molecule has 0 saturated carbocycles. The molecule has 7 nitrogen and oxygen atoms in total. The van der Waals surface area contributed by atoms with Gasteiger partial charge in [-0.05, 0) is 6.92 Å². The van der Waals surface area contributed by atoms with Crippen molar-refractivity contribution < 1.29 is 17.9 Å². The lowest BCUT2D eigenvalue weighted by molar-refractivity contribution is 0.157. The molecule has 0 aliphatic rings. The molecule has 122 valence electrons. The Bertz CT molecular complexity index is 350. The van der Waals surface area contributed by atoms with Crippen LogP contribution in [0.1, 0.15) is 6.92 Å². The Morgan fingerprint density at radius 3 is 2.45 bits per heavy atom. The molecule has 0 amide bonds. The van der Waals surface area contributed by atoms with E-state index in [1.165, 1.54) is 6.26 Å². The average Bonchev–Trinajstić information content (AvgIpc) is 2.32. The second kappa shape index (κ2) is 13.8. The summed E-state index contributed by atoms with van der Waals surface area (Å²) in [6.07, 6.45) is 1.19. The zero-order valence-electron chi connectivity index (χ0n) is 12.3. The van der Waals surface area contributed by atoms with Crippen molar-refractivity contribution in [3.63, 3.8) is 0 Å². The zero-order chi connectivity index (χ0) is 14.6. The van der Waals surface area contributed by atoms with Crippen molar-refractivity contribution in [3.05, 3.63) is 0 Å². The Morgan fingerprint density at radius 2 is 1.90 bits per heavy atom. The van der Waals surface area contributed by atoms with Crippen LogP contribution in [-0.2, 0) is 19.3 Å². The number of nitrogens with zero attached hydrogens (tertiary/aromatic N) is 1. The smallest absolute Gasteiger partial charge is 0.191 e. The SMILES string of the molecule is CCNC(=NCCOCCS(C)(=O)=O)NCCOC.I. The largest absolute Gasteiger partial charge is 0.383 e. The molecule has 0 aromatic rings. The van der Waals surface area contributed by atoms with Gasteiger partial charge in [-0.2, -0.15) is 0 Å². The normalized spacial score (nSPS) is 11.8. The summed E-state index contributed by atoms with van der Waals surface area (Å²) >= 11 is 0. The van der Waals surface area contributed by atoms with Crippen LogP contribution >= 0.6 is 24.0 Å². The van der Waals surface area contributed by atoms with Gasteiger partial charge in [0.15, 0.2) is 5.96 Å². The summed E-state index contributed by atoms with van der Waals surface area (Å²) < 4.78 is 31.9. The summed E-state index contributed by atoms with van der Waals surface area (Å²) in [7, 11) is -1.31. The molecular weight excluding hydrogens is 397 g/mol. The third-order valence-electron chi connectivity index (χ3n) is 2.05. The number of hydrogen-bond acceptors (Lipinski definition) is 5. The second-order valence-corrected chi connectivity index (χ2v) is 6.18. The summed E-state index contributed by atoms with van der Waals surface area (Å²) in [5, 5.41) is 6.19. The highest BCUT2D eigenvalue weighted by molar-refractivity contribution is 14.0. The third-order valence-corrected chi connectivity index (χ3v) is 2.96. The van der Waals surface area contributed by atoms with Crippen molar-refractivity contribution >= 4 is 39.8 Å². The van der Waals surface area contributed by atoms with Crippen LogP contribution in [0.4, 0.5) is 0 Å². The highest BCUT2D eigenvalue weighted by Crippen LogP contribution is 1.85. The molecule has 0 unspecified atom stereocenters. The van der Waals surface area contributed by atoms with E-state index in [0.717, 1.165) is 6.54 Å². The fraction of sp³-hybridized carbons (Fsp3) is 0.909. The maximum Gasteiger partial charge on any atom is 0.191 e. The molecule has 0 aliphatic heterocycles. The number of ether oxygens (including phenoxy) is 2. The lowest BCUT2D eigenvalue weighted by Crippen LogP contribution is -2.39. The molecular formula is C11H26IN3O4S. The molecule has 9 heteroatoms. The highest BCUT2D eigenvalue weighted by atomic mass is 127. The van der Waals surface area contributed by atoms with E-state index >= 15 is 0 Å². The van der Waals surface area contributed by atoms with Crippen molar-refractivity contribution in [2.75, 3.05) is 58.6 Å². The summed E-state index contributed by atoms with van der Waals surface area (Å²) in [6, 6.07) is 0. The quantitative estimate of drug-likeness (QED) is 0.220. The molecule has 0 aromatic heterocycles. The summed E-state index contributed by atoms with van der Waals surface area (Å²) in [5.41, 5.74) is 0. The Balaban J connectivity index is 0. The summed E-state index contributed by atoms with van der Waals surface area (Å²) in [6.45, 7) is 5.13. The molecule has 0 heterocycles. The van der Waals surface area contributed by atoms with Crippen LogP contribution in [0.2, 0.25) is 0 Å². The molecule has 0 rings (SSSR count). The fourth-order valence-electron chi connectivity index (χ4n) is 1.15. The first kappa shape index (κ1) is 22.2. The van der Waals surface area contributed by atoms with Crippen LogP contribution in [0.25, 0.3) is 0 Å². The van der Waals surface area contributed by atoms with Crippen LogP contribution in [0.15, 0.2) is 4.99 Å². The average molecular weight is 423 g/mol. The van der Waals surface area contributed by atoms with Gasteiger partial charge in [0.05, 0.1) is 32.1 Å². The number of rotatable bonds is 10. The minimum absolute atomic E-state index is 0. The van der Waals surface area contributed by atoms with E-state index in [9.17, 15) is 8.42 Å². The number of hydrogen-bond donors (Lipinski definition) is 2. The van der Waals surface area contributed by atoms with E-state index in [2.05, 4.69) is 15.6 Å². The van der Waals surface area contributed by atoms with Gasteiger partial charge in [0.1, 0.15) is 9.84 Å². The first-order valence-corrected chi connectivity index (χ1v) is 8.32. The maximum absolute atomic E-state index is 10.9. The lowest BCUT2D eigenvalue weighted by Gasteiger charge is -2.10. The number of halogens is 1. The van der Waals surface area contributed by atoms with E-state index < -0.39 is 9.84 Å². The number of sulfone groups is 1. The molecule has 0 atom stereocenters. The molecule has 0 bridgehead atoms. The van der Waals surface area contributed by atoms with Crippen molar-refractivity contribution in [2.45, 2.75) is 6.92 Å². The Hall–Kier alpha value is -0.130. The minimum Gasteiger partial charge on any atom is -0.383 e. The first-order valence-electron chi connectivity index (χ1n) is 6.26. The van der Waals surface area contributed by atoms with Crippen molar-refractivity contribution in [3.8, 4) is 0 Å². The molecule has 2 N–H and O–H groups in total. The van der Waals surface area contributed by atoms with Gasteiger partial charge in [0, 0.05) is 26.5 Å². The van der Waals surface area contributed by atoms with Crippen LogP contribution in [0, 0.1) is 0 Å². The van der Waals surface area contributed by atoms with E-state index in [1.54, 1.807) is 7.11 Å². The van der Waals surface area contributed by atoms with Crippen molar-refractivity contribution in [1.29, 1.82) is 0 Å². The van der Waals surface area contributed by atoms with Gasteiger partial charge in [0.2, 0.25) is 0 Å². The highest BCUT2D eigenvalue weighted by Gasteiger charge is 2.01. The molecule has 20 heavy (non-hydrogen) atoms. The Labute approximate surface area is 138 Å². The molecule has 0 aromatic carbocycles. The van der Waals surface area contributed by atoms with Crippen LogP contribution in [0.3, 0.4) is 0 Å². The molecule has 0 radical (unpaired) electrons. The zero-order valence-corrected chi connectivity index (χ0v) is 15.5. The molecule has 0 saturated heterocycles. The molecule has 0 fully saturated rings. The van der Waals surface area contributed by atoms with Crippen LogP contribution in [-0.4, -0.2) is 73.0 Å². The summed E-state index contributed by atoms with van der Waals surface area (Å²) in [4.78, 5) is 4.28. The monoisotopic (exact) mass is 423 g/mol. The van der Waals surface area contributed by atoms with Crippen LogP contribution < -0.4 is 10.6 Å². The standard InChI is InChI=1S/C11H25N3O4S.HI/c1-4-12-11(13-5-7-17-2)14-6-8-18-9-10-19(3,15)16;/h4-10H2,1-3H3,(H2,12,13,14);1H. The van der Waals surface area contributed by atoms with E-state index in [-0.39, 0.29) is 36.3 Å². The summed E-state index contributed by atoms with van der Waals surface area (Å²) in [5.74, 6) is 0.745.